The number of rotatable bonds is 8. The van der Waals surface area contributed by atoms with Gasteiger partial charge in [0.15, 0.2) is 0 Å². The van der Waals surface area contributed by atoms with Crippen LogP contribution in [-0.4, -0.2) is 54.7 Å². The van der Waals surface area contributed by atoms with Gasteiger partial charge in [0.1, 0.15) is 5.01 Å². The summed E-state index contributed by atoms with van der Waals surface area (Å²) in [6.45, 7) is 8.62. The van der Waals surface area contributed by atoms with Crippen molar-refractivity contribution in [3.63, 3.8) is 0 Å². The van der Waals surface area contributed by atoms with Crippen LogP contribution in [0.1, 0.15) is 26.0 Å². The lowest BCUT2D eigenvalue weighted by molar-refractivity contribution is -0.120. The Balaban J connectivity index is 1.51. The van der Waals surface area contributed by atoms with Crippen LogP contribution in [0.25, 0.3) is 9.88 Å². The van der Waals surface area contributed by atoms with Crippen molar-refractivity contribution in [2.45, 2.75) is 32.7 Å². The molecule has 1 unspecified atom stereocenters. The monoisotopic (exact) mass is 393 g/mol. The molecule has 0 spiro atoms. The first-order chi connectivity index (χ1) is 12.6. The molecule has 0 radical (unpaired) electrons. The van der Waals surface area contributed by atoms with Crippen LogP contribution in [0.4, 0.5) is 0 Å². The maximum absolute atomic E-state index is 12.4. The van der Waals surface area contributed by atoms with Crippen LogP contribution in [0.2, 0.25) is 0 Å². The van der Waals surface area contributed by atoms with Gasteiger partial charge in [-0.05, 0) is 23.8 Å². The van der Waals surface area contributed by atoms with E-state index in [1.165, 1.54) is 0 Å². The highest BCUT2D eigenvalue weighted by atomic mass is 32.1. The summed E-state index contributed by atoms with van der Waals surface area (Å²) in [5.74, 6) is 0.654. The molecule has 1 atom stereocenters. The first kappa shape index (κ1) is 19.5. The number of thiazole rings is 1. The van der Waals surface area contributed by atoms with Gasteiger partial charge >= 0.3 is 0 Å². The third kappa shape index (κ3) is 5.61. The molecule has 3 heterocycles. The average Bonchev–Trinajstić information content (AvgIpc) is 3.30. The smallest absolute Gasteiger partial charge is 0.226 e. The fourth-order valence-corrected chi connectivity index (χ4v) is 4.84. The van der Waals surface area contributed by atoms with Crippen LogP contribution in [0.15, 0.2) is 22.9 Å². The number of amides is 1. The quantitative estimate of drug-likeness (QED) is 0.748. The Kier molecular flexibility index (Phi) is 7.19. The molecule has 3 rings (SSSR count). The standard InChI is InChI=1S/C19H27N3O2S2/c1-14(2)10-16(22-5-7-24-8-6-22)12-20-18(23)11-15-13-26-19(21-15)17-4-3-9-25-17/h3-4,9,13-14,16H,5-8,10-12H2,1-2H3,(H,20,23). The summed E-state index contributed by atoms with van der Waals surface area (Å²) in [5, 5.41) is 8.15. The SMILES string of the molecule is CC(C)CC(CNC(=O)Cc1csc(-c2cccs2)n1)N1CCOCC1. The summed E-state index contributed by atoms with van der Waals surface area (Å²) in [7, 11) is 0. The Morgan fingerprint density at radius 2 is 2.15 bits per heavy atom. The van der Waals surface area contributed by atoms with Crippen molar-refractivity contribution in [3.05, 3.63) is 28.6 Å². The van der Waals surface area contributed by atoms with E-state index in [9.17, 15) is 4.79 Å². The van der Waals surface area contributed by atoms with Crippen molar-refractivity contribution in [3.8, 4) is 9.88 Å². The lowest BCUT2D eigenvalue weighted by Crippen LogP contribution is -2.49. The van der Waals surface area contributed by atoms with Gasteiger partial charge in [-0.15, -0.1) is 22.7 Å². The van der Waals surface area contributed by atoms with Crippen LogP contribution in [0.5, 0.6) is 0 Å². The first-order valence-electron chi connectivity index (χ1n) is 9.18. The van der Waals surface area contributed by atoms with Crippen molar-refractivity contribution in [1.82, 2.24) is 15.2 Å². The Hall–Kier alpha value is -1.28. The third-order valence-electron chi connectivity index (χ3n) is 4.47. The Morgan fingerprint density at radius 3 is 2.85 bits per heavy atom. The van der Waals surface area contributed by atoms with Gasteiger partial charge in [-0.2, -0.15) is 0 Å². The van der Waals surface area contributed by atoms with E-state index in [0.29, 0.717) is 24.9 Å². The molecule has 0 aromatic carbocycles. The van der Waals surface area contributed by atoms with E-state index in [4.69, 9.17) is 4.74 Å². The number of nitrogens with zero attached hydrogens (tertiary/aromatic N) is 2. The zero-order valence-corrected chi connectivity index (χ0v) is 17.1. The summed E-state index contributed by atoms with van der Waals surface area (Å²) in [6, 6.07) is 4.46. The van der Waals surface area contributed by atoms with Gasteiger partial charge in [0.05, 0.1) is 30.2 Å². The van der Waals surface area contributed by atoms with Crippen LogP contribution >= 0.6 is 22.7 Å². The summed E-state index contributed by atoms with van der Waals surface area (Å²) in [4.78, 5) is 20.6. The summed E-state index contributed by atoms with van der Waals surface area (Å²) in [5.41, 5.74) is 0.850. The molecular formula is C19H27N3O2S2. The highest BCUT2D eigenvalue weighted by molar-refractivity contribution is 7.20. The largest absolute Gasteiger partial charge is 0.379 e. The number of thiophene rings is 1. The van der Waals surface area contributed by atoms with Gasteiger partial charge < -0.3 is 10.1 Å². The van der Waals surface area contributed by atoms with Gasteiger partial charge in [0, 0.05) is 31.1 Å². The van der Waals surface area contributed by atoms with Crippen molar-refractivity contribution in [2.24, 2.45) is 5.92 Å². The number of morpholine rings is 1. The third-order valence-corrected chi connectivity index (χ3v) is 6.40. The second-order valence-electron chi connectivity index (χ2n) is 7.03. The second kappa shape index (κ2) is 9.60. The Bertz CT molecular complexity index is 679. The molecule has 0 aliphatic carbocycles. The molecule has 142 valence electrons. The van der Waals surface area contributed by atoms with E-state index >= 15 is 0 Å². The molecule has 1 fully saturated rings. The predicted molar refractivity (Wildman–Crippen MR) is 108 cm³/mol. The minimum atomic E-state index is 0.0510. The van der Waals surface area contributed by atoms with Gasteiger partial charge in [-0.3, -0.25) is 9.69 Å². The van der Waals surface area contributed by atoms with Gasteiger partial charge in [0.25, 0.3) is 0 Å². The lowest BCUT2D eigenvalue weighted by Gasteiger charge is -2.35. The van der Waals surface area contributed by atoms with E-state index in [1.807, 2.05) is 16.8 Å². The van der Waals surface area contributed by atoms with E-state index in [-0.39, 0.29) is 5.91 Å². The molecule has 2 aromatic heterocycles. The number of nitrogens with one attached hydrogen (secondary N) is 1. The van der Waals surface area contributed by atoms with Crippen LogP contribution < -0.4 is 5.32 Å². The van der Waals surface area contributed by atoms with E-state index in [0.717, 1.165) is 48.3 Å². The number of hydrogen-bond acceptors (Lipinski definition) is 6. The molecular weight excluding hydrogens is 366 g/mol. The summed E-state index contributed by atoms with van der Waals surface area (Å²) >= 11 is 3.28. The van der Waals surface area contributed by atoms with Crippen molar-refractivity contribution in [1.29, 1.82) is 0 Å². The zero-order valence-electron chi connectivity index (χ0n) is 15.4. The molecule has 7 heteroatoms. The van der Waals surface area contributed by atoms with Gasteiger partial charge in [-0.25, -0.2) is 4.98 Å². The molecule has 1 amide bonds. The molecule has 1 aliphatic heterocycles. The van der Waals surface area contributed by atoms with Crippen molar-refractivity contribution >= 4 is 28.6 Å². The van der Waals surface area contributed by atoms with Crippen LogP contribution in [-0.2, 0) is 16.0 Å². The van der Waals surface area contributed by atoms with E-state index < -0.39 is 0 Å². The molecule has 5 nitrogen and oxygen atoms in total. The van der Waals surface area contributed by atoms with E-state index in [1.54, 1.807) is 22.7 Å². The number of ether oxygens (including phenoxy) is 1. The highest BCUT2D eigenvalue weighted by Gasteiger charge is 2.22. The van der Waals surface area contributed by atoms with E-state index in [2.05, 4.69) is 35.1 Å². The normalized spacial score (nSPS) is 16.7. The maximum atomic E-state index is 12.4. The first-order valence-corrected chi connectivity index (χ1v) is 10.9. The second-order valence-corrected chi connectivity index (χ2v) is 8.84. The van der Waals surface area contributed by atoms with Crippen molar-refractivity contribution in [2.75, 3.05) is 32.8 Å². The minimum Gasteiger partial charge on any atom is -0.379 e. The van der Waals surface area contributed by atoms with Gasteiger partial charge in [-0.1, -0.05) is 19.9 Å². The minimum absolute atomic E-state index is 0.0510. The summed E-state index contributed by atoms with van der Waals surface area (Å²) in [6.07, 6.45) is 1.43. The zero-order chi connectivity index (χ0) is 18.4. The molecule has 1 aliphatic rings. The fourth-order valence-electron chi connectivity index (χ4n) is 3.21. The maximum Gasteiger partial charge on any atom is 0.226 e. The summed E-state index contributed by atoms with van der Waals surface area (Å²) < 4.78 is 5.46. The highest BCUT2D eigenvalue weighted by Crippen LogP contribution is 2.27. The molecule has 0 saturated carbocycles. The predicted octanol–water partition coefficient (Wildman–Crippen LogP) is 3.28. The Morgan fingerprint density at radius 1 is 1.35 bits per heavy atom. The van der Waals surface area contributed by atoms with Crippen molar-refractivity contribution < 1.29 is 9.53 Å². The number of carbonyl (C=O) groups excluding carboxylic acids is 1. The number of hydrogen-bond donors (Lipinski definition) is 1. The molecule has 26 heavy (non-hydrogen) atoms. The average molecular weight is 394 g/mol. The molecule has 1 N–H and O–H groups in total. The number of carbonyl (C=O) groups is 1. The van der Waals surface area contributed by atoms with Crippen LogP contribution in [0, 0.1) is 5.92 Å². The Labute approximate surface area is 163 Å². The topological polar surface area (TPSA) is 54.5 Å². The van der Waals surface area contributed by atoms with Gasteiger partial charge in [0.2, 0.25) is 5.91 Å². The van der Waals surface area contributed by atoms with Crippen LogP contribution in [0.3, 0.4) is 0 Å². The lowest BCUT2D eigenvalue weighted by atomic mass is 10.0. The molecule has 1 saturated heterocycles. The fraction of sp³-hybridized carbons (Fsp3) is 0.579. The molecule has 0 bridgehead atoms. The number of aromatic nitrogens is 1. The molecule has 2 aromatic rings.